The number of aromatic nitrogens is 1. The number of anilines is 1. The summed E-state index contributed by atoms with van der Waals surface area (Å²) >= 11 is 0. The third kappa shape index (κ3) is 5.04. The summed E-state index contributed by atoms with van der Waals surface area (Å²) in [7, 11) is -3.47. The summed E-state index contributed by atoms with van der Waals surface area (Å²) in [6, 6.07) is 14.3. The maximum atomic E-state index is 12.3. The van der Waals surface area contributed by atoms with Gasteiger partial charge in [-0.2, -0.15) is 5.26 Å². The lowest BCUT2D eigenvalue weighted by Crippen LogP contribution is -2.48. The van der Waals surface area contributed by atoms with Crippen LogP contribution >= 0.6 is 0 Å². The predicted molar refractivity (Wildman–Crippen MR) is 104 cm³/mol. The molecule has 2 heterocycles. The number of benzene rings is 1. The van der Waals surface area contributed by atoms with Crippen molar-refractivity contribution in [1.29, 1.82) is 5.26 Å². The van der Waals surface area contributed by atoms with Gasteiger partial charge in [0.2, 0.25) is 10.0 Å². The van der Waals surface area contributed by atoms with Crippen LogP contribution in [-0.4, -0.2) is 57.6 Å². The summed E-state index contributed by atoms with van der Waals surface area (Å²) in [6.07, 6.45) is 0. The van der Waals surface area contributed by atoms with Gasteiger partial charge < -0.3 is 4.90 Å². The molecule has 0 unspecified atom stereocenters. The molecular formula is C19H23N5O2S. The molecule has 0 spiro atoms. The second-order valence-electron chi connectivity index (χ2n) is 6.53. The lowest BCUT2D eigenvalue weighted by atomic mass is 10.2. The summed E-state index contributed by atoms with van der Waals surface area (Å²) in [4.78, 5) is 8.99. The molecule has 142 valence electrons. The highest BCUT2D eigenvalue weighted by atomic mass is 32.2. The van der Waals surface area contributed by atoms with Crippen LogP contribution in [0.1, 0.15) is 11.3 Å². The Hall–Kier alpha value is -2.47. The van der Waals surface area contributed by atoms with Crippen LogP contribution in [0.15, 0.2) is 47.4 Å². The van der Waals surface area contributed by atoms with Gasteiger partial charge in [-0.05, 0) is 31.2 Å². The summed E-state index contributed by atoms with van der Waals surface area (Å²) in [5.41, 5.74) is 1.45. The Kier molecular flexibility index (Phi) is 6.06. The number of nitrogens with zero attached hydrogens (tertiary/aromatic N) is 4. The van der Waals surface area contributed by atoms with Crippen molar-refractivity contribution in [2.24, 2.45) is 0 Å². The van der Waals surface area contributed by atoms with Gasteiger partial charge in [0.1, 0.15) is 17.6 Å². The molecule has 1 aliphatic heterocycles. The van der Waals surface area contributed by atoms with Crippen molar-refractivity contribution in [2.75, 3.05) is 44.2 Å². The third-order valence-corrected chi connectivity index (χ3v) is 6.07. The zero-order chi connectivity index (χ0) is 19.3. The van der Waals surface area contributed by atoms with E-state index in [4.69, 9.17) is 5.26 Å². The Morgan fingerprint density at radius 3 is 2.48 bits per heavy atom. The van der Waals surface area contributed by atoms with Crippen LogP contribution in [0.3, 0.4) is 0 Å². The van der Waals surface area contributed by atoms with Gasteiger partial charge >= 0.3 is 0 Å². The molecule has 0 atom stereocenters. The number of nitriles is 1. The number of aryl methyl sites for hydroxylation is 1. The van der Waals surface area contributed by atoms with E-state index < -0.39 is 10.0 Å². The zero-order valence-corrected chi connectivity index (χ0v) is 16.1. The minimum atomic E-state index is -3.47. The quantitative estimate of drug-likeness (QED) is 0.808. The van der Waals surface area contributed by atoms with Crippen LogP contribution in [0.25, 0.3) is 0 Å². The number of nitrogens with one attached hydrogen (secondary N) is 1. The molecule has 1 saturated heterocycles. The largest absolute Gasteiger partial charge is 0.354 e. The first-order valence-electron chi connectivity index (χ1n) is 8.89. The van der Waals surface area contributed by atoms with E-state index in [1.54, 1.807) is 30.3 Å². The van der Waals surface area contributed by atoms with Crippen molar-refractivity contribution >= 4 is 15.8 Å². The van der Waals surface area contributed by atoms with E-state index in [1.165, 1.54) is 0 Å². The van der Waals surface area contributed by atoms with E-state index in [0.29, 0.717) is 23.7 Å². The normalized spacial score (nSPS) is 15.5. The Labute approximate surface area is 160 Å². The lowest BCUT2D eigenvalue weighted by molar-refractivity contribution is 0.261. The second-order valence-corrected chi connectivity index (χ2v) is 8.30. The first-order valence-corrected chi connectivity index (χ1v) is 10.4. The Morgan fingerprint density at radius 1 is 1.11 bits per heavy atom. The molecule has 2 aromatic rings. The molecule has 8 heteroatoms. The van der Waals surface area contributed by atoms with Gasteiger partial charge in [0.05, 0.1) is 4.90 Å². The van der Waals surface area contributed by atoms with E-state index >= 15 is 0 Å². The fraction of sp³-hybridized carbons (Fsp3) is 0.368. The molecule has 7 nitrogen and oxygen atoms in total. The third-order valence-electron chi connectivity index (χ3n) is 4.60. The minimum Gasteiger partial charge on any atom is -0.354 e. The molecule has 3 rings (SSSR count). The molecule has 1 N–H and O–H groups in total. The van der Waals surface area contributed by atoms with Crippen LogP contribution in [0.4, 0.5) is 5.82 Å². The molecule has 1 aliphatic rings. The fourth-order valence-electron chi connectivity index (χ4n) is 3.00. The first-order chi connectivity index (χ1) is 13.0. The number of hydrogen-bond donors (Lipinski definition) is 1. The summed E-state index contributed by atoms with van der Waals surface area (Å²) in [6.45, 7) is 6.20. The molecule has 0 saturated carbocycles. The summed E-state index contributed by atoms with van der Waals surface area (Å²) in [5.74, 6) is 0.814. The van der Waals surface area contributed by atoms with Gasteiger partial charge in [-0.1, -0.05) is 23.8 Å². The SMILES string of the molecule is Cc1ccc(S(=O)(=O)NCCN2CCN(c3cccc(C#N)n3)CC2)cc1. The minimum absolute atomic E-state index is 0.293. The van der Waals surface area contributed by atoms with Crippen molar-refractivity contribution in [2.45, 2.75) is 11.8 Å². The number of pyridine rings is 1. The molecule has 1 aromatic heterocycles. The van der Waals surface area contributed by atoms with Gasteiger partial charge in [-0.3, -0.25) is 4.90 Å². The zero-order valence-electron chi connectivity index (χ0n) is 15.3. The van der Waals surface area contributed by atoms with E-state index in [1.807, 2.05) is 19.1 Å². The van der Waals surface area contributed by atoms with Gasteiger partial charge in [-0.15, -0.1) is 0 Å². The van der Waals surface area contributed by atoms with Gasteiger partial charge in [0.15, 0.2) is 0 Å². The second kappa shape index (κ2) is 8.48. The average molecular weight is 385 g/mol. The molecule has 1 fully saturated rings. The Balaban J connectivity index is 1.47. The number of sulfonamides is 1. The van der Waals surface area contributed by atoms with Crippen LogP contribution in [-0.2, 0) is 10.0 Å². The highest BCUT2D eigenvalue weighted by Crippen LogP contribution is 2.14. The standard InChI is InChI=1S/C19H23N5O2S/c1-16-5-7-18(8-6-16)27(25,26)21-9-10-23-11-13-24(14-12-23)19-4-2-3-17(15-20)22-19/h2-8,21H,9-14H2,1H3. The molecule has 0 amide bonds. The van der Waals surface area contributed by atoms with Crippen molar-refractivity contribution in [3.8, 4) is 6.07 Å². The average Bonchev–Trinajstić information content (AvgIpc) is 2.69. The van der Waals surface area contributed by atoms with Crippen LogP contribution in [0.2, 0.25) is 0 Å². The van der Waals surface area contributed by atoms with Crippen molar-refractivity contribution in [3.05, 3.63) is 53.7 Å². The van der Waals surface area contributed by atoms with Crippen molar-refractivity contribution in [1.82, 2.24) is 14.6 Å². The van der Waals surface area contributed by atoms with Gasteiger partial charge in [-0.25, -0.2) is 18.1 Å². The highest BCUT2D eigenvalue weighted by molar-refractivity contribution is 7.89. The van der Waals surface area contributed by atoms with Crippen molar-refractivity contribution < 1.29 is 8.42 Å². The maximum Gasteiger partial charge on any atom is 0.240 e. The maximum absolute atomic E-state index is 12.3. The Morgan fingerprint density at radius 2 is 1.81 bits per heavy atom. The monoisotopic (exact) mass is 385 g/mol. The lowest BCUT2D eigenvalue weighted by Gasteiger charge is -2.35. The van der Waals surface area contributed by atoms with Gasteiger partial charge in [0, 0.05) is 39.3 Å². The number of rotatable bonds is 6. The van der Waals surface area contributed by atoms with Crippen LogP contribution in [0.5, 0.6) is 0 Å². The molecule has 0 radical (unpaired) electrons. The van der Waals surface area contributed by atoms with E-state index in [0.717, 1.165) is 37.6 Å². The molecule has 0 bridgehead atoms. The molecule has 0 aliphatic carbocycles. The Bertz CT molecular complexity index is 914. The first kappa shape index (κ1) is 19.3. The van der Waals surface area contributed by atoms with Crippen LogP contribution < -0.4 is 9.62 Å². The van der Waals surface area contributed by atoms with Gasteiger partial charge in [0.25, 0.3) is 0 Å². The number of piperazine rings is 1. The molecular weight excluding hydrogens is 362 g/mol. The summed E-state index contributed by atoms with van der Waals surface area (Å²) in [5, 5.41) is 8.97. The smallest absolute Gasteiger partial charge is 0.240 e. The molecule has 27 heavy (non-hydrogen) atoms. The predicted octanol–water partition coefficient (Wildman–Crippen LogP) is 1.36. The van der Waals surface area contributed by atoms with Crippen LogP contribution in [0, 0.1) is 18.3 Å². The van der Waals surface area contributed by atoms with E-state index in [9.17, 15) is 8.42 Å². The van der Waals surface area contributed by atoms with E-state index in [2.05, 4.69) is 25.6 Å². The molecule has 1 aromatic carbocycles. The summed E-state index contributed by atoms with van der Waals surface area (Å²) < 4.78 is 27.3. The number of hydrogen-bond acceptors (Lipinski definition) is 6. The fourth-order valence-corrected chi connectivity index (χ4v) is 4.02. The van der Waals surface area contributed by atoms with Crippen molar-refractivity contribution in [3.63, 3.8) is 0 Å². The topological polar surface area (TPSA) is 89.3 Å². The van der Waals surface area contributed by atoms with E-state index in [-0.39, 0.29) is 0 Å². The highest BCUT2D eigenvalue weighted by Gasteiger charge is 2.19.